The monoisotopic (exact) mass is 267 g/mol. The molecule has 5 nitrogen and oxygen atoms in total. The summed E-state index contributed by atoms with van der Waals surface area (Å²) in [4.78, 5) is 8.24. The first-order valence-electron chi connectivity index (χ1n) is 4.83. The molecule has 2 aliphatic rings. The Balaban J connectivity index is 2.01. The normalized spacial score (nSPS) is 17.5. The van der Waals surface area contributed by atoms with Crippen LogP contribution in [0.3, 0.4) is 0 Å². The number of nitrogens with zero attached hydrogens (tertiary/aromatic N) is 4. The number of aromatic nitrogens is 1. The molecule has 0 radical (unpaired) electrons. The van der Waals surface area contributed by atoms with Gasteiger partial charge in [-0.3, -0.25) is 5.43 Å². The van der Waals surface area contributed by atoms with Crippen LogP contribution in [0.5, 0.6) is 0 Å². The molecular weight excluding hydrogens is 261 g/mol. The summed E-state index contributed by atoms with van der Waals surface area (Å²) in [5.74, 6) is 0.605. The van der Waals surface area contributed by atoms with Crippen molar-refractivity contribution in [2.45, 2.75) is 0 Å². The minimum absolute atomic E-state index is 0.547. The van der Waals surface area contributed by atoms with Gasteiger partial charge in [-0.05, 0) is 12.1 Å². The molecule has 0 spiro atoms. The number of anilines is 1. The predicted octanol–water partition coefficient (Wildman–Crippen LogP) is 2.24. The molecule has 1 N–H and O–H groups in total. The second-order valence-corrected chi connectivity index (χ2v) is 4.16. The molecule has 1 aromatic rings. The Bertz CT molecular complexity index is 551. The van der Waals surface area contributed by atoms with Crippen LogP contribution >= 0.6 is 23.4 Å². The van der Waals surface area contributed by atoms with E-state index >= 15 is 0 Å². The van der Waals surface area contributed by atoms with Crippen molar-refractivity contribution in [1.82, 2.24) is 14.8 Å². The third-order valence-corrected chi connectivity index (χ3v) is 2.94. The second-order valence-electron chi connectivity index (χ2n) is 3.39. The van der Waals surface area contributed by atoms with E-state index in [1.165, 1.54) is 10.8 Å². The summed E-state index contributed by atoms with van der Waals surface area (Å²) in [5.41, 5.74) is 4.63. The van der Waals surface area contributed by atoms with Gasteiger partial charge in [-0.25, -0.2) is 19.4 Å². The topological polar surface area (TPSA) is 43.8 Å². The van der Waals surface area contributed by atoms with Crippen molar-refractivity contribution in [3.05, 3.63) is 47.1 Å². The fourth-order valence-electron chi connectivity index (χ4n) is 1.62. The fraction of sp³-hybridized carbons (Fsp3) is 0. The molecule has 0 aliphatic carbocycles. The highest BCUT2D eigenvalue weighted by atomic mass is 35.5. The van der Waals surface area contributed by atoms with Crippen molar-refractivity contribution in [2.75, 3.05) is 5.01 Å². The van der Waals surface area contributed by atoms with Crippen LogP contribution in [0.1, 0.15) is 0 Å². The Kier molecular flexibility index (Phi) is 2.42. The molecule has 7 heteroatoms. The van der Waals surface area contributed by atoms with Crippen LogP contribution in [0, 0.1) is 0 Å². The van der Waals surface area contributed by atoms with Gasteiger partial charge >= 0.3 is 0 Å². The number of halogens is 2. The zero-order valence-electron chi connectivity index (χ0n) is 8.51. The highest BCUT2D eigenvalue weighted by molar-refractivity contribution is 6.33. The standard InChI is InChI=1S/C10H7Cl2N5/c11-7-2-1-3-14-10(7)17-9-4-13-6-16(12)8(9)5-15-17/h1-6,15H. The van der Waals surface area contributed by atoms with Gasteiger partial charge in [0.15, 0.2) is 5.82 Å². The van der Waals surface area contributed by atoms with E-state index in [0.717, 1.165) is 11.4 Å². The van der Waals surface area contributed by atoms with E-state index in [1.807, 2.05) is 0 Å². The van der Waals surface area contributed by atoms with E-state index in [4.69, 9.17) is 23.4 Å². The summed E-state index contributed by atoms with van der Waals surface area (Å²) in [6.07, 6.45) is 6.64. The van der Waals surface area contributed by atoms with Gasteiger partial charge in [-0.2, -0.15) is 0 Å². The number of nitrogens with one attached hydrogen (secondary N) is 1. The lowest BCUT2D eigenvalue weighted by Gasteiger charge is -2.23. The van der Waals surface area contributed by atoms with Gasteiger partial charge in [0.1, 0.15) is 17.7 Å². The number of hydrogen-bond acceptors (Lipinski definition) is 5. The lowest BCUT2D eigenvalue weighted by molar-refractivity contribution is 0.816. The predicted molar refractivity (Wildman–Crippen MR) is 67.2 cm³/mol. The summed E-state index contributed by atoms with van der Waals surface area (Å²) >= 11 is 12.1. The first kappa shape index (κ1) is 10.4. The largest absolute Gasteiger partial charge is 0.297 e. The van der Waals surface area contributed by atoms with Crippen LogP contribution in [0.4, 0.5) is 5.82 Å². The molecule has 0 atom stereocenters. The Morgan fingerprint density at radius 1 is 1.29 bits per heavy atom. The molecule has 0 fully saturated rings. The molecule has 0 amide bonds. The number of hydrazine groups is 1. The average Bonchev–Trinajstić information content (AvgIpc) is 2.75. The lowest BCUT2D eigenvalue weighted by atomic mass is 10.3. The minimum atomic E-state index is 0.547. The minimum Gasteiger partial charge on any atom is -0.297 e. The Morgan fingerprint density at radius 2 is 2.18 bits per heavy atom. The second kappa shape index (κ2) is 3.94. The third-order valence-electron chi connectivity index (χ3n) is 2.38. The van der Waals surface area contributed by atoms with Gasteiger partial charge in [0.05, 0.1) is 11.2 Å². The first-order valence-corrected chi connectivity index (χ1v) is 5.55. The van der Waals surface area contributed by atoms with Crippen molar-refractivity contribution >= 4 is 35.5 Å². The fourth-order valence-corrected chi connectivity index (χ4v) is 2.01. The van der Waals surface area contributed by atoms with Crippen LogP contribution in [0.25, 0.3) is 0 Å². The molecule has 2 aliphatic heterocycles. The van der Waals surface area contributed by atoms with Crippen LogP contribution < -0.4 is 10.4 Å². The van der Waals surface area contributed by atoms with E-state index in [-0.39, 0.29) is 0 Å². The zero-order valence-corrected chi connectivity index (χ0v) is 10.0. The highest BCUT2D eigenvalue weighted by Gasteiger charge is 2.28. The van der Waals surface area contributed by atoms with E-state index < -0.39 is 0 Å². The molecule has 3 heterocycles. The maximum absolute atomic E-state index is 6.09. The van der Waals surface area contributed by atoms with Crippen LogP contribution in [0.15, 0.2) is 47.1 Å². The Labute approximate surface area is 108 Å². The highest BCUT2D eigenvalue weighted by Crippen LogP contribution is 2.32. The van der Waals surface area contributed by atoms with E-state index in [1.54, 1.807) is 35.7 Å². The van der Waals surface area contributed by atoms with Crippen molar-refractivity contribution in [3.63, 3.8) is 0 Å². The molecule has 0 unspecified atom stereocenters. The molecule has 0 bridgehead atoms. The maximum Gasteiger partial charge on any atom is 0.170 e. The summed E-state index contributed by atoms with van der Waals surface area (Å²) in [6, 6.07) is 3.55. The molecule has 0 aromatic carbocycles. The van der Waals surface area contributed by atoms with Crippen LogP contribution in [-0.4, -0.2) is 15.7 Å². The number of pyridine rings is 1. The van der Waals surface area contributed by atoms with Crippen molar-refractivity contribution < 1.29 is 0 Å². The molecular formula is C10H7Cl2N5. The van der Waals surface area contributed by atoms with E-state index in [9.17, 15) is 0 Å². The van der Waals surface area contributed by atoms with E-state index in [0.29, 0.717) is 10.8 Å². The molecule has 0 saturated heterocycles. The van der Waals surface area contributed by atoms with Crippen molar-refractivity contribution in [3.8, 4) is 0 Å². The smallest absolute Gasteiger partial charge is 0.170 e. The summed E-state index contributed by atoms with van der Waals surface area (Å²) in [7, 11) is 0. The van der Waals surface area contributed by atoms with Gasteiger partial charge in [-0.1, -0.05) is 11.6 Å². The first-order chi connectivity index (χ1) is 8.27. The number of hydrogen-bond donors (Lipinski definition) is 1. The molecule has 1 aromatic heterocycles. The van der Waals surface area contributed by atoms with Gasteiger partial charge in [0.25, 0.3) is 0 Å². The van der Waals surface area contributed by atoms with Crippen LogP contribution in [-0.2, 0) is 0 Å². The van der Waals surface area contributed by atoms with Crippen molar-refractivity contribution in [2.24, 2.45) is 4.99 Å². The zero-order chi connectivity index (χ0) is 11.8. The number of rotatable bonds is 1. The molecule has 17 heavy (non-hydrogen) atoms. The average molecular weight is 268 g/mol. The van der Waals surface area contributed by atoms with Gasteiger partial charge < -0.3 is 0 Å². The Hall–Kier alpha value is -1.72. The molecule has 0 saturated carbocycles. The van der Waals surface area contributed by atoms with E-state index in [2.05, 4.69) is 15.4 Å². The molecule has 3 rings (SSSR count). The molecule has 86 valence electrons. The number of fused-ring (bicyclic) bond motifs is 1. The maximum atomic E-state index is 6.09. The summed E-state index contributed by atoms with van der Waals surface area (Å²) in [6.45, 7) is 0. The summed E-state index contributed by atoms with van der Waals surface area (Å²) in [5, 5.41) is 2.27. The van der Waals surface area contributed by atoms with Gasteiger partial charge in [0, 0.05) is 24.2 Å². The van der Waals surface area contributed by atoms with Gasteiger partial charge in [-0.15, -0.1) is 0 Å². The SMILES string of the molecule is Clc1cccnc1N1NC=C2C1=CN=CN2Cl. The number of aliphatic imine (C=N–C) groups is 1. The summed E-state index contributed by atoms with van der Waals surface area (Å²) < 4.78 is 1.40. The lowest BCUT2D eigenvalue weighted by Crippen LogP contribution is -2.31. The quantitative estimate of drug-likeness (QED) is 0.793. The third kappa shape index (κ3) is 1.64. The van der Waals surface area contributed by atoms with Gasteiger partial charge in [0.2, 0.25) is 0 Å². The Morgan fingerprint density at radius 3 is 3.00 bits per heavy atom. The van der Waals surface area contributed by atoms with Crippen LogP contribution in [0.2, 0.25) is 5.02 Å². The van der Waals surface area contributed by atoms with Crippen molar-refractivity contribution in [1.29, 1.82) is 0 Å².